The number of H-pyrrole nitrogens is 1. The predicted molar refractivity (Wildman–Crippen MR) is 98.4 cm³/mol. The Labute approximate surface area is 152 Å². The maximum atomic E-state index is 13.0. The number of aromatic nitrogens is 4. The number of carbonyl (C=O) groups excluding carboxylic acids is 1. The number of aryl methyl sites for hydroxylation is 1. The molecule has 0 aliphatic carbocycles. The molecule has 0 bridgehead atoms. The molecule has 2 aromatic heterocycles. The van der Waals surface area contributed by atoms with Gasteiger partial charge in [-0.1, -0.05) is 18.2 Å². The third-order valence-electron chi connectivity index (χ3n) is 4.72. The summed E-state index contributed by atoms with van der Waals surface area (Å²) >= 11 is 0. The quantitative estimate of drug-likeness (QED) is 0.786. The molecule has 0 radical (unpaired) electrons. The van der Waals surface area contributed by atoms with Crippen LogP contribution in [0.4, 0.5) is 0 Å². The minimum absolute atomic E-state index is 0.0353. The second-order valence-electron chi connectivity index (χ2n) is 6.54. The molecule has 6 heteroatoms. The number of hydrogen-bond donors (Lipinski definition) is 1. The smallest absolute Gasteiger partial charge is 0.254 e. The standard InChI is InChI=1S/C20H21N5O/c1-14-23-16(13-17(24-14)19-21-10-11-22-19)18-9-5-6-12-25(18)20(26)15-7-3-2-4-8-15/h2-4,7-8,10-11,13,18H,5-6,9,12H2,1H3,(H,21,22)/t18-/m1/s1. The van der Waals surface area contributed by atoms with Gasteiger partial charge >= 0.3 is 0 Å². The third-order valence-corrected chi connectivity index (χ3v) is 4.72. The number of carbonyl (C=O) groups is 1. The van der Waals surface area contributed by atoms with Crippen molar-refractivity contribution in [1.82, 2.24) is 24.8 Å². The molecule has 132 valence electrons. The number of hydrogen-bond acceptors (Lipinski definition) is 4. The van der Waals surface area contributed by atoms with Crippen LogP contribution in [0, 0.1) is 6.92 Å². The lowest BCUT2D eigenvalue weighted by Crippen LogP contribution is -2.39. The molecular formula is C20H21N5O. The van der Waals surface area contributed by atoms with Gasteiger partial charge in [0.05, 0.1) is 11.7 Å². The van der Waals surface area contributed by atoms with Crippen molar-refractivity contribution in [2.75, 3.05) is 6.54 Å². The first-order valence-electron chi connectivity index (χ1n) is 8.94. The summed E-state index contributed by atoms with van der Waals surface area (Å²) in [7, 11) is 0. The molecule has 1 aliphatic rings. The summed E-state index contributed by atoms with van der Waals surface area (Å²) in [5, 5.41) is 0. The second kappa shape index (κ2) is 7.07. The fraction of sp³-hybridized carbons (Fsp3) is 0.300. The van der Waals surface area contributed by atoms with Gasteiger partial charge in [0.1, 0.15) is 11.5 Å². The third kappa shape index (κ3) is 3.22. The molecule has 1 aromatic carbocycles. The molecule has 26 heavy (non-hydrogen) atoms. The van der Waals surface area contributed by atoms with Crippen molar-refractivity contribution in [2.24, 2.45) is 0 Å². The zero-order valence-electron chi connectivity index (χ0n) is 14.7. The number of nitrogens with one attached hydrogen (secondary N) is 1. The Kier molecular flexibility index (Phi) is 4.48. The lowest BCUT2D eigenvalue weighted by Gasteiger charge is -2.35. The number of benzene rings is 1. The normalized spacial score (nSPS) is 17.3. The molecule has 0 saturated carbocycles. The highest BCUT2D eigenvalue weighted by molar-refractivity contribution is 5.94. The fourth-order valence-corrected chi connectivity index (χ4v) is 3.52. The van der Waals surface area contributed by atoms with Crippen LogP contribution in [-0.4, -0.2) is 37.3 Å². The van der Waals surface area contributed by atoms with E-state index in [0.717, 1.165) is 42.8 Å². The van der Waals surface area contributed by atoms with Crippen LogP contribution in [0.1, 0.15) is 47.2 Å². The van der Waals surface area contributed by atoms with Gasteiger partial charge in [-0.3, -0.25) is 4.79 Å². The van der Waals surface area contributed by atoms with Gasteiger partial charge in [0, 0.05) is 24.5 Å². The van der Waals surface area contributed by atoms with Gasteiger partial charge in [-0.25, -0.2) is 15.0 Å². The Morgan fingerprint density at radius 3 is 2.81 bits per heavy atom. The summed E-state index contributed by atoms with van der Waals surface area (Å²) in [6, 6.07) is 11.4. The molecule has 1 amide bonds. The van der Waals surface area contributed by atoms with E-state index in [-0.39, 0.29) is 11.9 Å². The van der Waals surface area contributed by atoms with Crippen molar-refractivity contribution >= 4 is 5.91 Å². The molecule has 4 rings (SSSR count). The number of nitrogens with zero attached hydrogens (tertiary/aromatic N) is 4. The van der Waals surface area contributed by atoms with Gasteiger partial charge in [0.25, 0.3) is 5.91 Å². The maximum Gasteiger partial charge on any atom is 0.254 e. The second-order valence-corrected chi connectivity index (χ2v) is 6.54. The van der Waals surface area contributed by atoms with Crippen LogP contribution >= 0.6 is 0 Å². The van der Waals surface area contributed by atoms with Crippen molar-refractivity contribution in [3.05, 3.63) is 65.9 Å². The Morgan fingerprint density at radius 1 is 1.19 bits per heavy atom. The van der Waals surface area contributed by atoms with Gasteiger partial charge in [-0.15, -0.1) is 0 Å². The summed E-state index contributed by atoms with van der Waals surface area (Å²) in [6.45, 7) is 2.62. The van der Waals surface area contributed by atoms with Crippen LogP contribution in [0.5, 0.6) is 0 Å². The van der Waals surface area contributed by atoms with E-state index in [1.54, 1.807) is 12.4 Å². The van der Waals surface area contributed by atoms with E-state index < -0.39 is 0 Å². The molecular weight excluding hydrogens is 326 g/mol. The van der Waals surface area contributed by atoms with E-state index in [0.29, 0.717) is 11.6 Å². The zero-order valence-corrected chi connectivity index (χ0v) is 14.7. The largest absolute Gasteiger partial charge is 0.343 e. The number of piperidine rings is 1. The van der Waals surface area contributed by atoms with Crippen LogP contribution < -0.4 is 0 Å². The lowest BCUT2D eigenvalue weighted by atomic mass is 9.97. The van der Waals surface area contributed by atoms with Gasteiger partial charge < -0.3 is 9.88 Å². The highest BCUT2D eigenvalue weighted by Crippen LogP contribution is 2.32. The summed E-state index contributed by atoms with van der Waals surface area (Å²) in [6.07, 6.45) is 6.50. The number of likely N-dealkylation sites (tertiary alicyclic amines) is 1. The van der Waals surface area contributed by atoms with E-state index in [9.17, 15) is 4.79 Å². The van der Waals surface area contributed by atoms with Crippen LogP contribution in [0.3, 0.4) is 0 Å². The Hall–Kier alpha value is -3.02. The van der Waals surface area contributed by atoms with Crippen LogP contribution in [-0.2, 0) is 0 Å². The average molecular weight is 347 g/mol. The summed E-state index contributed by atoms with van der Waals surface area (Å²) < 4.78 is 0. The predicted octanol–water partition coefficient (Wildman–Crippen LogP) is 3.54. The van der Waals surface area contributed by atoms with Crippen molar-refractivity contribution < 1.29 is 4.79 Å². The number of amides is 1. The van der Waals surface area contributed by atoms with E-state index in [1.165, 1.54) is 0 Å². The molecule has 1 N–H and O–H groups in total. The average Bonchev–Trinajstić information content (AvgIpc) is 3.22. The van der Waals surface area contributed by atoms with Crippen molar-refractivity contribution in [3.8, 4) is 11.5 Å². The summed E-state index contributed by atoms with van der Waals surface area (Å²) in [5.74, 6) is 1.46. The van der Waals surface area contributed by atoms with Crippen LogP contribution in [0.25, 0.3) is 11.5 Å². The first kappa shape index (κ1) is 16.4. The molecule has 1 aliphatic heterocycles. The Morgan fingerprint density at radius 2 is 2.04 bits per heavy atom. The van der Waals surface area contributed by atoms with Crippen molar-refractivity contribution in [1.29, 1.82) is 0 Å². The SMILES string of the molecule is Cc1nc(-c2ncc[nH]2)cc([C@H]2CCCCN2C(=O)c2ccccc2)n1. The molecule has 3 aromatic rings. The fourth-order valence-electron chi connectivity index (χ4n) is 3.52. The molecule has 3 heterocycles. The van der Waals surface area contributed by atoms with Crippen molar-refractivity contribution in [2.45, 2.75) is 32.2 Å². The minimum Gasteiger partial charge on any atom is -0.343 e. The monoisotopic (exact) mass is 347 g/mol. The first-order chi connectivity index (χ1) is 12.7. The van der Waals surface area contributed by atoms with Crippen molar-refractivity contribution in [3.63, 3.8) is 0 Å². The lowest BCUT2D eigenvalue weighted by molar-refractivity contribution is 0.0605. The highest BCUT2D eigenvalue weighted by Gasteiger charge is 2.30. The minimum atomic E-state index is -0.0353. The van der Waals surface area contributed by atoms with E-state index in [4.69, 9.17) is 0 Å². The van der Waals surface area contributed by atoms with Gasteiger partial charge in [-0.2, -0.15) is 0 Å². The Bertz CT molecular complexity index is 892. The summed E-state index contributed by atoms with van der Waals surface area (Å²) in [5.41, 5.74) is 2.36. The molecule has 0 unspecified atom stereocenters. The highest BCUT2D eigenvalue weighted by atomic mass is 16.2. The maximum absolute atomic E-state index is 13.0. The number of aromatic amines is 1. The molecule has 1 atom stereocenters. The topological polar surface area (TPSA) is 74.8 Å². The summed E-state index contributed by atoms with van der Waals surface area (Å²) in [4.78, 5) is 31.5. The van der Waals surface area contributed by atoms with Gasteiger partial charge in [-0.05, 0) is 44.4 Å². The molecule has 1 saturated heterocycles. The number of imidazole rings is 1. The van der Waals surface area contributed by atoms with E-state index >= 15 is 0 Å². The molecule has 6 nitrogen and oxygen atoms in total. The van der Waals surface area contributed by atoms with Gasteiger partial charge in [0.2, 0.25) is 0 Å². The molecule has 1 fully saturated rings. The van der Waals surface area contributed by atoms with Crippen LogP contribution in [0.2, 0.25) is 0 Å². The van der Waals surface area contributed by atoms with E-state index in [1.807, 2.05) is 48.2 Å². The van der Waals surface area contributed by atoms with Crippen LogP contribution in [0.15, 0.2) is 48.8 Å². The number of rotatable bonds is 3. The zero-order chi connectivity index (χ0) is 17.9. The Balaban J connectivity index is 1.69. The van der Waals surface area contributed by atoms with E-state index in [2.05, 4.69) is 19.9 Å². The van der Waals surface area contributed by atoms with Gasteiger partial charge in [0.15, 0.2) is 5.82 Å². The first-order valence-corrected chi connectivity index (χ1v) is 8.94. The molecule has 0 spiro atoms.